The van der Waals surface area contributed by atoms with Crippen LogP contribution in [0.15, 0.2) is 48.5 Å². The molecule has 2 saturated heterocycles. The van der Waals surface area contributed by atoms with Crippen molar-refractivity contribution in [2.75, 3.05) is 44.2 Å². The summed E-state index contributed by atoms with van der Waals surface area (Å²) in [6.45, 7) is 4.21. The van der Waals surface area contributed by atoms with Gasteiger partial charge in [-0.25, -0.2) is 4.39 Å². The van der Waals surface area contributed by atoms with Crippen molar-refractivity contribution in [2.45, 2.75) is 32.1 Å². The number of para-hydroxylation sites is 1. The lowest BCUT2D eigenvalue weighted by molar-refractivity contribution is -0.133. The maximum Gasteiger partial charge on any atom is 0.253 e. The average Bonchev–Trinajstić information content (AvgIpc) is 3.70. The van der Waals surface area contributed by atoms with Crippen molar-refractivity contribution in [3.8, 4) is 0 Å². The van der Waals surface area contributed by atoms with Crippen LogP contribution < -0.4 is 4.90 Å². The summed E-state index contributed by atoms with van der Waals surface area (Å²) < 4.78 is 14.0. The number of benzene rings is 2. The number of carbonyl (C=O) groups excluding carboxylic acids is 2. The largest absolute Gasteiger partial charge is 0.366 e. The van der Waals surface area contributed by atoms with E-state index in [-0.39, 0.29) is 11.7 Å². The summed E-state index contributed by atoms with van der Waals surface area (Å²) in [5, 5.41) is 0. The van der Waals surface area contributed by atoms with Crippen molar-refractivity contribution >= 4 is 17.5 Å². The normalized spacial score (nSPS) is 19.6. The van der Waals surface area contributed by atoms with Crippen molar-refractivity contribution in [1.29, 1.82) is 0 Å². The Hall–Kier alpha value is -2.89. The number of carbonyl (C=O) groups is 2. The van der Waals surface area contributed by atoms with Crippen LogP contribution in [0.1, 0.15) is 41.6 Å². The summed E-state index contributed by atoms with van der Waals surface area (Å²) in [6.07, 6.45) is 5.27. The van der Waals surface area contributed by atoms with Crippen molar-refractivity contribution in [3.63, 3.8) is 0 Å². The molecule has 3 fully saturated rings. The van der Waals surface area contributed by atoms with Crippen LogP contribution in [-0.2, 0) is 11.2 Å². The van der Waals surface area contributed by atoms with E-state index in [2.05, 4.69) is 17.0 Å². The molecule has 0 unspecified atom stereocenters. The maximum atomic E-state index is 14.0. The van der Waals surface area contributed by atoms with Gasteiger partial charge in [0.15, 0.2) is 0 Å². The molecule has 0 spiro atoms. The standard InChI is InChI=1S/C27H32FN3O2/c28-24-3-1-2-4-25(24)29-15-17-31(18-16-29)27(33)22-7-5-20(6-8-22)19-21-11-13-30(14-12-21)26(32)23-9-10-23/h1-8,21,23H,9-19H2. The Morgan fingerprint density at radius 2 is 1.45 bits per heavy atom. The number of hydrogen-bond acceptors (Lipinski definition) is 3. The molecule has 2 aliphatic heterocycles. The number of likely N-dealkylation sites (tertiary alicyclic amines) is 1. The Balaban J connectivity index is 1.11. The zero-order valence-corrected chi connectivity index (χ0v) is 19.1. The first-order valence-corrected chi connectivity index (χ1v) is 12.2. The number of rotatable bonds is 5. The second-order valence-corrected chi connectivity index (χ2v) is 9.67. The van der Waals surface area contributed by atoms with E-state index in [9.17, 15) is 14.0 Å². The summed E-state index contributed by atoms with van der Waals surface area (Å²) in [7, 11) is 0. The molecule has 3 aliphatic rings. The van der Waals surface area contributed by atoms with Crippen LogP contribution in [0.2, 0.25) is 0 Å². The van der Waals surface area contributed by atoms with Crippen LogP contribution >= 0.6 is 0 Å². The third-order valence-corrected chi connectivity index (χ3v) is 7.34. The average molecular weight is 450 g/mol. The van der Waals surface area contributed by atoms with Crippen LogP contribution in [0.5, 0.6) is 0 Å². The minimum atomic E-state index is -0.215. The van der Waals surface area contributed by atoms with Crippen LogP contribution in [0, 0.1) is 17.7 Å². The lowest BCUT2D eigenvalue weighted by atomic mass is 9.89. The number of hydrogen-bond donors (Lipinski definition) is 0. The predicted octanol–water partition coefficient (Wildman–Crippen LogP) is 3.98. The molecule has 174 valence electrons. The highest BCUT2D eigenvalue weighted by molar-refractivity contribution is 5.94. The van der Waals surface area contributed by atoms with Gasteiger partial charge in [0, 0.05) is 50.7 Å². The van der Waals surface area contributed by atoms with Crippen LogP contribution in [0.4, 0.5) is 10.1 Å². The van der Waals surface area contributed by atoms with Gasteiger partial charge in [-0.15, -0.1) is 0 Å². The van der Waals surface area contributed by atoms with Gasteiger partial charge in [0.2, 0.25) is 5.91 Å². The zero-order valence-electron chi connectivity index (χ0n) is 19.1. The zero-order chi connectivity index (χ0) is 22.8. The topological polar surface area (TPSA) is 43.9 Å². The lowest BCUT2D eigenvalue weighted by Crippen LogP contribution is -2.49. The Bertz CT molecular complexity index is 989. The quantitative estimate of drug-likeness (QED) is 0.694. The molecular weight excluding hydrogens is 417 g/mol. The number of piperazine rings is 1. The fourth-order valence-electron chi connectivity index (χ4n) is 5.10. The molecule has 1 saturated carbocycles. The van der Waals surface area contributed by atoms with E-state index in [1.165, 1.54) is 11.6 Å². The Morgan fingerprint density at radius 3 is 2.09 bits per heavy atom. The Kier molecular flexibility index (Phi) is 6.34. The minimum Gasteiger partial charge on any atom is -0.366 e. The summed E-state index contributed by atoms with van der Waals surface area (Å²) >= 11 is 0. The molecule has 2 amide bonds. The first kappa shape index (κ1) is 21.9. The Labute approximate surface area is 195 Å². The van der Waals surface area contributed by atoms with Gasteiger partial charge in [-0.3, -0.25) is 9.59 Å². The molecule has 5 rings (SSSR count). The number of amides is 2. The maximum absolute atomic E-state index is 14.0. The van der Waals surface area contributed by atoms with Crippen molar-refractivity contribution in [1.82, 2.24) is 9.80 Å². The van der Waals surface area contributed by atoms with Crippen molar-refractivity contribution in [2.24, 2.45) is 11.8 Å². The Morgan fingerprint density at radius 1 is 0.788 bits per heavy atom. The molecule has 0 atom stereocenters. The van der Waals surface area contributed by atoms with E-state index in [1.54, 1.807) is 12.1 Å². The summed E-state index contributed by atoms with van der Waals surface area (Å²) in [5.74, 6) is 1.11. The highest BCUT2D eigenvalue weighted by Crippen LogP contribution is 2.33. The van der Waals surface area contributed by atoms with Gasteiger partial charge >= 0.3 is 0 Å². The highest BCUT2D eigenvalue weighted by Gasteiger charge is 2.34. The van der Waals surface area contributed by atoms with E-state index in [0.717, 1.165) is 45.2 Å². The third kappa shape index (κ3) is 5.05. The van der Waals surface area contributed by atoms with Gasteiger partial charge in [-0.2, -0.15) is 0 Å². The molecule has 2 heterocycles. The van der Waals surface area contributed by atoms with Crippen LogP contribution in [-0.4, -0.2) is 60.9 Å². The lowest BCUT2D eigenvalue weighted by Gasteiger charge is -2.36. The van der Waals surface area contributed by atoms with Crippen LogP contribution in [0.3, 0.4) is 0 Å². The smallest absolute Gasteiger partial charge is 0.253 e. The predicted molar refractivity (Wildman–Crippen MR) is 127 cm³/mol. The van der Waals surface area contributed by atoms with Crippen molar-refractivity contribution in [3.05, 3.63) is 65.5 Å². The van der Waals surface area contributed by atoms with Gasteiger partial charge in [0.25, 0.3) is 5.91 Å². The molecule has 0 bridgehead atoms. The second-order valence-electron chi connectivity index (χ2n) is 9.67. The molecular formula is C27H32FN3O2. The van der Waals surface area contributed by atoms with Gasteiger partial charge in [-0.05, 0) is 67.9 Å². The number of nitrogens with zero attached hydrogens (tertiary/aromatic N) is 3. The van der Waals surface area contributed by atoms with E-state index in [0.29, 0.717) is 55.2 Å². The first-order chi connectivity index (χ1) is 16.1. The monoisotopic (exact) mass is 449 g/mol. The van der Waals surface area contributed by atoms with E-state index in [1.807, 2.05) is 28.0 Å². The molecule has 6 heteroatoms. The third-order valence-electron chi connectivity index (χ3n) is 7.34. The van der Waals surface area contributed by atoms with Crippen molar-refractivity contribution < 1.29 is 14.0 Å². The van der Waals surface area contributed by atoms with E-state index in [4.69, 9.17) is 0 Å². The number of piperidine rings is 1. The van der Waals surface area contributed by atoms with Gasteiger partial charge < -0.3 is 14.7 Å². The fraction of sp³-hybridized carbons (Fsp3) is 0.481. The summed E-state index contributed by atoms with van der Waals surface area (Å²) in [4.78, 5) is 31.1. The number of halogens is 1. The molecule has 2 aromatic carbocycles. The second kappa shape index (κ2) is 9.54. The molecule has 33 heavy (non-hydrogen) atoms. The van der Waals surface area contributed by atoms with Crippen LogP contribution in [0.25, 0.3) is 0 Å². The molecule has 0 radical (unpaired) electrons. The molecule has 0 aromatic heterocycles. The molecule has 5 nitrogen and oxygen atoms in total. The van der Waals surface area contributed by atoms with E-state index < -0.39 is 0 Å². The molecule has 1 aliphatic carbocycles. The minimum absolute atomic E-state index is 0.0432. The molecule has 2 aromatic rings. The SMILES string of the molecule is O=C(c1ccc(CC2CCN(C(=O)C3CC3)CC2)cc1)N1CCN(c2ccccc2F)CC1. The summed E-state index contributed by atoms with van der Waals surface area (Å²) in [5.41, 5.74) is 2.57. The van der Waals surface area contributed by atoms with Gasteiger partial charge in [0.05, 0.1) is 5.69 Å². The number of anilines is 1. The molecule has 0 N–H and O–H groups in total. The van der Waals surface area contributed by atoms with Gasteiger partial charge in [-0.1, -0.05) is 24.3 Å². The summed E-state index contributed by atoms with van der Waals surface area (Å²) in [6, 6.07) is 14.8. The van der Waals surface area contributed by atoms with Gasteiger partial charge in [0.1, 0.15) is 5.82 Å². The van der Waals surface area contributed by atoms with E-state index >= 15 is 0 Å². The fourth-order valence-corrected chi connectivity index (χ4v) is 5.10. The highest BCUT2D eigenvalue weighted by atomic mass is 19.1. The first-order valence-electron chi connectivity index (χ1n) is 12.2.